The van der Waals surface area contributed by atoms with E-state index in [1.165, 1.54) is 11.1 Å². The van der Waals surface area contributed by atoms with Crippen molar-refractivity contribution in [3.05, 3.63) is 29.3 Å². The number of carbonyl (C=O) groups is 2. The molecular weight excluding hydrogens is 354 g/mol. The third-order valence-electron chi connectivity index (χ3n) is 4.65. The number of hydrogen-bond acceptors (Lipinski definition) is 4. The molecule has 0 saturated carbocycles. The highest BCUT2D eigenvalue weighted by Gasteiger charge is 2.27. The lowest BCUT2D eigenvalue weighted by atomic mass is 9.97. The van der Waals surface area contributed by atoms with E-state index in [0.29, 0.717) is 39.2 Å². The second-order valence-corrected chi connectivity index (χ2v) is 6.60. The van der Waals surface area contributed by atoms with E-state index < -0.39 is 0 Å². The van der Waals surface area contributed by atoms with E-state index in [1.54, 1.807) is 4.90 Å². The Hall–Kier alpha value is -1.79. The second kappa shape index (κ2) is 11.0. The summed E-state index contributed by atoms with van der Waals surface area (Å²) in [4.78, 5) is 26.2. The molecule has 1 aromatic rings. The van der Waals surface area contributed by atoms with Gasteiger partial charge in [0.05, 0.1) is 18.9 Å². The summed E-state index contributed by atoms with van der Waals surface area (Å²) in [7, 11) is 0. The first-order valence-corrected chi connectivity index (χ1v) is 8.97. The van der Waals surface area contributed by atoms with Crippen molar-refractivity contribution < 1.29 is 14.3 Å². The topological polar surface area (TPSA) is 84.7 Å². The molecule has 0 bridgehead atoms. The fourth-order valence-corrected chi connectivity index (χ4v) is 2.98. The normalized spacial score (nSPS) is 16.6. The van der Waals surface area contributed by atoms with Crippen LogP contribution in [0.25, 0.3) is 0 Å². The summed E-state index contributed by atoms with van der Waals surface area (Å²) >= 11 is 0. The molecule has 1 saturated heterocycles. The van der Waals surface area contributed by atoms with Gasteiger partial charge in [-0.3, -0.25) is 9.59 Å². The van der Waals surface area contributed by atoms with E-state index >= 15 is 0 Å². The maximum atomic E-state index is 12.4. The zero-order valence-corrected chi connectivity index (χ0v) is 16.4. The first-order chi connectivity index (χ1) is 12.0. The molecule has 0 aliphatic carbocycles. The monoisotopic (exact) mass is 383 g/mol. The van der Waals surface area contributed by atoms with Gasteiger partial charge in [0, 0.05) is 26.2 Å². The molecule has 1 fully saturated rings. The van der Waals surface area contributed by atoms with Crippen LogP contribution in [0, 0.1) is 19.8 Å². The van der Waals surface area contributed by atoms with Crippen molar-refractivity contribution in [3.8, 4) is 5.75 Å². The Morgan fingerprint density at radius 2 is 2.08 bits per heavy atom. The van der Waals surface area contributed by atoms with Gasteiger partial charge in [0.15, 0.2) is 0 Å². The number of likely N-dealkylation sites (tertiary alicyclic amines) is 1. The van der Waals surface area contributed by atoms with Gasteiger partial charge in [0.2, 0.25) is 11.8 Å². The maximum absolute atomic E-state index is 12.4. The fourth-order valence-electron chi connectivity index (χ4n) is 2.98. The van der Waals surface area contributed by atoms with E-state index in [2.05, 4.69) is 12.2 Å². The number of rotatable bonds is 7. The Labute approximate surface area is 161 Å². The number of hydrogen-bond donors (Lipinski definition) is 2. The minimum Gasteiger partial charge on any atom is -0.493 e. The average Bonchev–Trinajstić information content (AvgIpc) is 2.62. The van der Waals surface area contributed by atoms with E-state index in [9.17, 15) is 9.59 Å². The predicted molar refractivity (Wildman–Crippen MR) is 105 cm³/mol. The van der Waals surface area contributed by atoms with Gasteiger partial charge in [-0.1, -0.05) is 6.07 Å². The summed E-state index contributed by atoms with van der Waals surface area (Å²) in [5.41, 5.74) is 7.80. The third-order valence-corrected chi connectivity index (χ3v) is 4.65. The van der Waals surface area contributed by atoms with Crippen molar-refractivity contribution in [2.75, 3.05) is 32.8 Å². The van der Waals surface area contributed by atoms with E-state index in [1.807, 2.05) is 25.1 Å². The molecule has 0 spiro atoms. The zero-order valence-electron chi connectivity index (χ0n) is 15.6. The summed E-state index contributed by atoms with van der Waals surface area (Å²) < 4.78 is 5.69. The van der Waals surface area contributed by atoms with Crippen molar-refractivity contribution in [2.45, 2.75) is 33.1 Å². The van der Waals surface area contributed by atoms with Crippen LogP contribution in [0.3, 0.4) is 0 Å². The van der Waals surface area contributed by atoms with Crippen molar-refractivity contribution >= 4 is 24.2 Å². The van der Waals surface area contributed by atoms with Crippen molar-refractivity contribution in [1.82, 2.24) is 10.2 Å². The van der Waals surface area contributed by atoms with Crippen molar-refractivity contribution in [2.24, 2.45) is 11.7 Å². The van der Waals surface area contributed by atoms with Crippen molar-refractivity contribution in [1.29, 1.82) is 0 Å². The van der Waals surface area contributed by atoms with Gasteiger partial charge in [-0.25, -0.2) is 0 Å². The molecule has 1 aliphatic heterocycles. The lowest BCUT2D eigenvalue weighted by Crippen LogP contribution is -2.46. The predicted octanol–water partition coefficient (Wildman–Crippen LogP) is 1.81. The Bertz CT molecular complexity index is 610. The Morgan fingerprint density at radius 1 is 1.31 bits per heavy atom. The minimum atomic E-state index is -0.134. The van der Waals surface area contributed by atoms with E-state index in [0.717, 1.165) is 18.6 Å². The van der Waals surface area contributed by atoms with Crippen LogP contribution < -0.4 is 15.8 Å². The molecule has 1 aliphatic rings. The minimum absolute atomic E-state index is 0. The Balaban J connectivity index is 0.00000338. The molecule has 7 heteroatoms. The average molecular weight is 384 g/mol. The number of amides is 2. The van der Waals surface area contributed by atoms with Crippen LogP contribution in [-0.4, -0.2) is 49.5 Å². The molecule has 1 aromatic carbocycles. The number of ether oxygens (including phenoxy) is 1. The van der Waals surface area contributed by atoms with Gasteiger partial charge < -0.3 is 20.7 Å². The highest BCUT2D eigenvalue weighted by molar-refractivity contribution is 5.85. The molecule has 2 amide bonds. The highest BCUT2D eigenvalue weighted by atomic mass is 35.5. The van der Waals surface area contributed by atoms with Gasteiger partial charge in [-0.2, -0.15) is 0 Å². The molecule has 1 heterocycles. The number of nitrogens with zero attached hydrogens (tertiary/aromatic N) is 1. The summed E-state index contributed by atoms with van der Waals surface area (Å²) in [6.07, 6.45) is 1.99. The SMILES string of the molecule is Cc1ccc(OCCC(=O)N2CCCC(C(=O)NCCN)C2)cc1C.Cl. The standard InChI is InChI=1S/C19H29N3O3.ClH/c1-14-5-6-17(12-15(14)2)25-11-7-18(23)22-10-3-4-16(13-22)19(24)21-9-8-20;/h5-6,12,16H,3-4,7-11,13,20H2,1-2H3,(H,21,24);1H. The Morgan fingerprint density at radius 3 is 2.77 bits per heavy atom. The molecule has 0 aromatic heterocycles. The summed E-state index contributed by atoms with van der Waals surface area (Å²) in [6, 6.07) is 5.92. The molecule has 26 heavy (non-hydrogen) atoms. The van der Waals surface area contributed by atoms with Gasteiger partial charge in [0.25, 0.3) is 0 Å². The number of aryl methyl sites for hydroxylation is 2. The summed E-state index contributed by atoms with van der Waals surface area (Å²) in [5, 5.41) is 2.81. The summed E-state index contributed by atoms with van der Waals surface area (Å²) in [5.74, 6) is 0.688. The van der Waals surface area contributed by atoms with E-state index in [4.69, 9.17) is 10.5 Å². The lowest BCUT2D eigenvalue weighted by Gasteiger charge is -2.32. The van der Waals surface area contributed by atoms with Crippen molar-refractivity contribution in [3.63, 3.8) is 0 Å². The number of benzene rings is 1. The lowest BCUT2D eigenvalue weighted by molar-refractivity contribution is -0.136. The molecule has 6 nitrogen and oxygen atoms in total. The number of carbonyl (C=O) groups excluding carboxylic acids is 2. The molecule has 1 unspecified atom stereocenters. The first kappa shape index (κ1) is 22.3. The largest absolute Gasteiger partial charge is 0.493 e. The van der Waals surface area contributed by atoms with Crippen LogP contribution in [0.5, 0.6) is 5.75 Å². The molecule has 1 atom stereocenters. The van der Waals surface area contributed by atoms with Crippen LogP contribution in [0.1, 0.15) is 30.4 Å². The molecule has 0 radical (unpaired) electrons. The quantitative estimate of drug-likeness (QED) is 0.752. The van der Waals surface area contributed by atoms with Crippen LogP contribution in [0.2, 0.25) is 0 Å². The number of nitrogens with two attached hydrogens (primary N) is 1. The molecule has 146 valence electrons. The number of halogens is 1. The summed E-state index contributed by atoms with van der Waals surface area (Å²) in [6.45, 7) is 6.55. The van der Waals surface area contributed by atoms with Gasteiger partial charge in [-0.15, -0.1) is 12.4 Å². The van der Waals surface area contributed by atoms with Crippen LogP contribution in [-0.2, 0) is 9.59 Å². The first-order valence-electron chi connectivity index (χ1n) is 8.97. The van der Waals surface area contributed by atoms with Gasteiger partial charge in [-0.05, 0) is 49.9 Å². The maximum Gasteiger partial charge on any atom is 0.226 e. The molecule has 2 rings (SSSR count). The third kappa shape index (κ3) is 6.50. The smallest absolute Gasteiger partial charge is 0.226 e. The zero-order chi connectivity index (χ0) is 18.2. The number of nitrogens with one attached hydrogen (secondary N) is 1. The number of piperidine rings is 1. The van der Waals surface area contributed by atoms with Gasteiger partial charge in [0.1, 0.15) is 5.75 Å². The molecule has 3 N–H and O–H groups in total. The van der Waals surface area contributed by atoms with Crippen LogP contribution in [0.15, 0.2) is 18.2 Å². The Kier molecular flexibility index (Phi) is 9.44. The fraction of sp³-hybridized carbons (Fsp3) is 0.579. The van der Waals surface area contributed by atoms with Crippen LogP contribution in [0.4, 0.5) is 0 Å². The highest BCUT2D eigenvalue weighted by Crippen LogP contribution is 2.19. The van der Waals surface area contributed by atoms with Gasteiger partial charge >= 0.3 is 0 Å². The van der Waals surface area contributed by atoms with Crippen LogP contribution >= 0.6 is 12.4 Å². The molecular formula is C19H30ClN3O3. The van der Waals surface area contributed by atoms with E-state index in [-0.39, 0.29) is 30.1 Å². The second-order valence-electron chi connectivity index (χ2n) is 6.60.